The number of likely N-dealkylation sites (tertiary alicyclic amines) is 1. The van der Waals surface area contributed by atoms with Gasteiger partial charge >= 0.3 is 0 Å². The maximum Gasteiger partial charge on any atom is 0.269 e. The fourth-order valence-corrected chi connectivity index (χ4v) is 4.43. The number of non-ortho nitro benzene ring substituents is 1. The molecule has 26 heavy (non-hydrogen) atoms. The molecule has 2 heterocycles. The Bertz CT molecular complexity index is 935. The molecule has 0 radical (unpaired) electrons. The highest BCUT2D eigenvalue weighted by atomic mass is 32.1. The number of carbonyl (C=O) groups is 1. The van der Waals surface area contributed by atoms with Crippen LogP contribution in [0.2, 0.25) is 0 Å². The predicted molar refractivity (Wildman–Crippen MR) is 101 cm³/mol. The van der Waals surface area contributed by atoms with Crippen LogP contribution in [0.25, 0.3) is 10.2 Å². The third kappa shape index (κ3) is 3.17. The smallest absolute Gasteiger partial charge is 0.269 e. The molecule has 0 bridgehead atoms. The van der Waals surface area contributed by atoms with Gasteiger partial charge in [-0.3, -0.25) is 14.9 Å². The average molecular weight is 367 g/mol. The third-order valence-corrected chi connectivity index (χ3v) is 5.89. The van der Waals surface area contributed by atoms with Crippen molar-refractivity contribution >= 4 is 33.1 Å². The second kappa shape index (κ2) is 6.84. The number of aromatic nitrogens is 1. The van der Waals surface area contributed by atoms with Gasteiger partial charge in [0.05, 0.1) is 20.1 Å². The van der Waals surface area contributed by atoms with Crippen LogP contribution in [0.3, 0.4) is 0 Å². The zero-order valence-corrected chi connectivity index (χ0v) is 14.8. The van der Waals surface area contributed by atoms with Crippen molar-refractivity contribution in [3.8, 4) is 0 Å². The first kappa shape index (κ1) is 16.7. The van der Waals surface area contributed by atoms with Crippen molar-refractivity contribution in [2.75, 3.05) is 13.1 Å². The van der Waals surface area contributed by atoms with Crippen LogP contribution in [0.15, 0.2) is 48.5 Å². The van der Waals surface area contributed by atoms with Crippen molar-refractivity contribution in [3.63, 3.8) is 0 Å². The average Bonchev–Trinajstić information content (AvgIpc) is 3.12. The predicted octanol–water partition coefficient (Wildman–Crippen LogP) is 4.22. The van der Waals surface area contributed by atoms with E-state index in [4.69, 9.17) is 4.98 Å². The lowest BCUT2D eigenvalue weighted by atomic mass is 9.98. The fourth-order valence-electron chi connectivity index (χ4n) is 3.34. The second-order valence-corrected chi connectivity index (χ2v) is 7.48. The lowest BCUT2D eigenvalue weighted by molar-refractivity contribution is -0.384. The van der Waals surface area contributed by atoms with Gasteiger partial charge in [0, 0.05) is 36.7 Å². The Labute approximate surface area is 154 Å². The lowest BCUT2D eigenvalue weighted by Gasteiger charge is -2.31. The fraction of sp³-hybridized carbons (Fsp3) is 0.263. The molecule has 0 spiro atoms. The van der Waals surface area contributed by atoms with Gasteiger partial charge in [-0.05, 0) is 37.1 Å². The van der Waals surface area contributed by atoms with E-state index >= 15 is 0 Å². The Morgan fingerprint density at radius 1 is 1.19 bits per heavy atom. The van der Waals surface area contributed by atoms with Crippen molar-refractivity contribution in [2.24, 2.45) is 0 Å². The monoisotopic (exact) mass is 367 g/mol. The number of nitrogens with zero attached hydrogens (tertiary/aromatic N) is 3. The molecule has 1 saturated heterocycles. The van der Waals surface area contributed by atoms with E-state index in [0.717, 1.165) is 23.4 Å². The molecule has 2 aromatic carbocycles. The minimum atomic E-state index is -0.460. The van der Waals surface area contributed by atoms with E-state index in [2.05, 4.69) is 6.07 Å². The maximum atomic E-state index is 12.8. The molecule has 1 aliphatic rings. The zero-order chi connectivity index (χ0) is 18.1. The number of hydrogen-bond acceptors (Lipinski definition) is 5. The Kier molecular flexibility index (Phi) is 4.38. The molecule has 6 nitrogen and oxygen atoms in total. The number of rotatable bonds is 3. The summed E-state index contributed by atoms with van der Waals surface area (Å²) >= 11 is 1.69. The Morgan fingerprint density at radius 3 is 2.69 bits per heavy atom. The quantitative estimate of drug-likeness (QED) is 0.513. The molecule has 3 aromatic rings. The molecule has 1 fully saturated rings. The third-order valence-electron chi connectivity index (χ3n) is 4.69. The number of fused-ring (bicyclic) bond motifs is 1. The van der Waals surface area contributed by atoms with Gasteiger partial charge in [0.1, 0.15) is 0 Å². The first-order chi connectivity index (χ1) is 12.6. The summed E-state index contributed by atoms with van der Waals surface area (Å²) in [6, 6.07) is 13.9. The lowest BCUT2D eigenvalue weighted by Crippen LogP contribution is -2.39. The largest absolute Gasteiger partial charge is 0.338 e. The van der Waals surface area contributed by atoms with Gasteiger partial charge in [-0.15, -0.1) is 11.3 Å². The summed E-state index contributed by atoms with van der Waals surface area (Å²) in [6.45, 7) is 1.34. The number of carbonyl (C=O) groups excluding carboxylic acids is 1. The van der Waals surface area contributed by atoms with Gasteiger partial charge in [-0.25, -0.2) is 4.98 Å². The SMILES string of the molecule is O=C(c1ccc([N+](=O)[O-])cc1)N1CCC[C@@H](c2nc3ccccc3s2)C1. The van der Waals surface area contributed by atoms with E-state index in [9.17, 15) is 14.9 Å². The van der Waals surface area contributed by atoms with Crippen molar-refractivity contribution in [1.82, 2.24) is 9.88 Å². The standard InChI is InChI=1S/C19H17N3O3S/c23-19(13-7-9-15(10-8-13)22(24)25)21-11-3-4-14(12-21)18-20-16-5-1-2-6-17(16)26-18/h1-2,5-10,14H,3-4,11-12H2/t14-/m1/s1. The molecule has 1 aliphatic heterocycles. The second-order valence-electron chi connectivity index (χ2n) is 6.41. The molecule has 0 N–H and O–H groups in total. The number of nitro groups is 1. The number of hydrogen-bond donors (Lipinski definition) is 0. The molecular weight excluding hydrogens is 350 g/mol. The summed E-state index contributed by atoms with van der Waals surface area (Å²) in [5, 5.41) is 11.8. The van der Waals surface area contributed by atoms with Crippen molar-refractivity contribution in [3.05, 3.63) is 69.2 Å². The summed E-state index contributed by atoms with van der Waals surface area (Å²) in [6.07, 6.45) is 1.95. The maximum absolute atomic E-state index is 12.8. The highest BCUT2D eigenvalue weighted by Crippen LogP contribution is 2.33. The van der Waals surface area contributed by atoms with E-state index in [0.29, 0.717) is 18.7 Å². The van der Waals surface area contributed by atoms with Gasteiger partial charge in [0.25, 0.3) is 11.6 Å². The molecule has 0 unspecified atom stereocenters. The van der Waals surface area contributed by atoms with Crippen LogP contribution < -0.4 is 0 Å². The molecule has 1 aromatic heterocycles. The van der Waals surface area contributed by atoms with Gasteiger partial charge in [-0.2, -0.15) is 0 Å². The van der Waals surface area contributed by atoms with E-state index in [-0.39, 0.29) is 17.5 Å². The molecule has 0 aliphatic carbocycles. The van der Waals surface area contributed by atoms with Crippen LogP contribution >= 0.6 is 11.3 Å². The van der Waals surface area contributed by atoms with Crippen LogP contribution in [0.1, 0.15) is 34.1 Å². The number of thiazole rings is 1. The summed E-state index contributed by atoms with van der Waals surface area (Å²) in [4.78, 5) is 29.6. The highest BCUT2D eigenvalue weighted by Gasteiger charge is 2.27. The van der Waals surface area contributed by atoms with Gasteiger partial charge < -0.3 is 4.90 Å². The first-order valence-electron chi connectivity index (χ1n) is 8.51. The summed E-state index contributed by atoms with van der Waals surface area (Å²) in [5.74, 6) is 0.161. The molecule has 4 rings (SSSR count). The van der Waals surface area contributed by atoms with Crippen LogP contribution in [-0.2, 0) is 0 Å². The normalized spacial score (nSPS) is 17.4. The summed E-state index contributed by atoms with van der Waals surface area (Å²) < 4.78 is 1.17. The van der Waals surface area contributed by atoms with E-state index in [1.165, 1.54) is 29.0 Å². The Morgan fingerprint density at radius 2 is 1.96 bits per heavy atom. The molecule has 132 valence electrons. The number of amides is 1. The van der Waals surface area contributed by atoms with E-state index < -0.39 is 4.92 Å². The first-order valence-corrected chi connectivity index (χ1v) is 9.32. The van der Waals surface area contributed by atoms with Crippen LogP contribution in [0.4, 0.5) is 5.69 Å². The minimum Gasteiger partial charge on any atom is -0.338 e. The topological polar surface area (TPSA) is 76.3 Å². The van der Waals surface area contributed by atoms with Crippen molar-refractivity contribution in [2.45, 2.75) is 18.8 Å². The van der Waals surface area contributed by atoms with E-state index in [1.54, 1.807) is 11.3 Å². The molecule has 1 amide bonds. The van der Waals surface area contributed by atoms with E-state index in [1.807, 2.05) is 23.1 Å². The number of nitro benzene ring substituents is 1. The van der Waals surface area contributed by atoms with Gasteiger partial charge in [0.15, 0.2) is 0 Å². The van der Waals surface area contributed by atoms with Gasteiger partial charge in [-0.1, -0.05) is 12.1 Å². The van der Waals surface area contributed by atoms with Crippen molar-refractivity contribution < 1.29 is 9.72 Å². The van der Waals surface area contributed by atoms with Gasteiger partial charge in [0.2, 0.25) is 0 Å². The molecule has 0 saturated carbocycles. The molecule has 1 atom stereocenters. The Balaban J connectivity index is 1.52. The molecule has 7 heteroatoms. The number of para-hydroxylation sites is 1. The minimum absolute atomic E-state index is 0.00690. The van der Waals surface area contributed by atoms with Crippen molar-refractivity contribution in [1.29, 1.82) is 0 Å². The Hall–Kier alpha value is -2.80. The zero-order valence-electron chi connectivity index (χ0n) is 14.0. The summed E-state index contributed by atoms with van der Waals surface area (Å²) in [7, 11) is 0. The van der Waals surface area contributed by atoms with Crippen LogP contribution in [-0.4, -0.2) is 33.8 Å². The number of piperidine rings is 1. The summed E-state index contributed by atoms with van der Waals surface area (Å²) in [5.41, 5.74) is 1.49. The number of benzene rings is 2. The molecular formula is C19H17N3O3S. The van der Waals surface area contributed by atoms with Crippen LogP contribution in [0.5, 0.6) is 0 Å². The highest BCUT2D eigenvalue weighted by molar-refractivity contribution is 7.18. The van der Waals surface area contributed by atoms with Crippen LogP contribution in [0, 0.1) is 10.1 Å².